The minimum absolute atomic E-state index is 0.0628. The van der Waals surface area contributed by atoms with Gasteiger partial charge in [0.1, 0.15) is 5.82 Å². The Morgan fingerprint density at radius 2 is 1.67 bits per heavy atom. The molecule has 0 aliphatic heterocycles. The van der Waals surface area contributed by atoms with Gasteiger partial charge < -0.3 is 24.6 Å². The van der Waals surface area contributed by atoms with E-state index in [4.69, 9.17) is 21.1 Å². The number of halogens is 2. The fourth-order valence-electron chi connectivity index (χ4n) is 11.8. The molecule has 8 rings (SSSR count). The number of aliphatic hydroxyl groups is 2. The molecule has 2 aromatic carbocycles. The summed E-state index contributed by atoms with van der Waals surface area (Å²) in [6.07, 6.45) is 11.8. The molecule has 52 heavy (non-hydrogen) atoms. The lowest BCUT2D eigenvalue weighted by atomic mass is 9.32. The summed E-state index contributed by atoms with van der Waals surface area (Å²) in [6, 6.07) is 10.0. The quantitative estimate of drug-likeness (QED) is 0.230. The van der Waals surface area contributed by atoms with E-state index in [1.807, 2.05) is 24.0 Å². The van der Waals surface area contributed by atoms with E-state index in [0.29, 0.717) is 49.3 Å². The molecule has 0 heterocycles. The highest BCUT2D eigenvalue weighted by atomic mass is 35.5. The second-order valence-electron chi connectivity index (χ2n) is 16.8. The first-order chi connectivity index (χ1) is 24.7. The Kier molecular flexibility index (Phi) is 9.48. The van der Waals surface area contributed by atoms with Crippen LogP contribution in [0.15, 0.2) is 60.2 Å². The number of amides is 1. The lowest BCUT2D eigenvalue weighted by Crippen LogP contribution is -2.67. The van der Waals surface area contributed by atoms with E-state index in [2.05, 4.69) is 32.1 Å². The molecule has 0 aromatic heterocycles. The average Bonchev–Trinajstić information content (AvgIpc) is 3.39. The third-order valence-electron chi connectivity index (χ3n) is 14.5. The van der Waals surface area contributed by atoms with Crippen molar-refractivity contribution in [2.24, 2.45) is 33.5 Å². The van der Waals surface area contributed by atoms with Gasteiger partial charge in [0.2, 0.25) is 5.91 Å². The zero-order chi connectivity index (χ0) is 37.3. The Morgan fingerprint density at radius 1 is 0.962 bits per heavy atom. The highest BCUT2D eigenvalue weighted by Crippen LogP contribution is 2.78. The van der Waals surface area contributed by atoms with Gasteiger partial charge in [-0.25, -0.2) is 4.39 Å². The zero-order valence-corrected chi connectivity index (χ0v) is 31.9. The van der Waals surface area contributed by atoms with Gasteiger partial charge in [0.15, 0.2) is 17.3 Å². The Bertz CT molecular complexity index is 1810. The summed E-state index contributed by atoms with van der Waals surface area (Å²) in [5.74, 6) is 0.462. The predicted molar refractivity (Wildman–Crippen MR) is 199 cm³/mol. The largest absolute Gasteiger partial charge is 0.493 e. The molecule has 2 spiro atoms. The number of methoxy groups -OCH3 is 2. The number of fused-ring (bicyclic) bond motifs is 1. The second kappa shape index (κ2) is 13.3. The van der Waals surface area contributed by atoms with Crippen LogP contribution in [0.4, 0.5) is 4.39 Å². The molecule has 0 radical (unpaired) electrons. The van der Waals surface area contributed by atoms with Crippen LogP contribution in [0.2, 0.25) is 5.02 Å². The SMILES string of the molecule is CCCN(C[C@]1(O)CC[C@H]2[C@]34C=C[C@@]5(C=C3C(=O)Cc3c(F)cccc3Cl)CC(O)CC[C@]5(C)[C@H]4CC[C@@]21C)C(=O)Cc1ccc(OC)c(OC)c1. The molecule has 1 amide bonds. The van der Waals surface area contributed by atoms with Crippen molar-refractivity contribution in [2.45, 2.75) is 96.7 Å². The van der Waals surface area contributed by atoms with Crippen molar-refractivity contribution in [3.63, 3.8) is 0 Å². The lowest BCUT2D eigenvalue weighted by molar-refractivity contribution is -0.180. The van der Waals surface area contributed by atoms with Crippen LogP contribution in [0.5, 0.6) is 11.5 Å². The molecule has 6 aliphatic carbocycles. The van der Waals surface area contributed by atoms with Crippen molar-refractivity contribution in [3.05, 3.63) is 82.2 Å². The molecular weight excluding hydrogens is 681 g/mol. The zero-order valence-electron chi connectivity index (χ0n) is 31.1. The third-order valence-corrected chi connectivity index (χ3v) is 14.9. The van der Waals surface area contributed by atoms with Crippen molar-refractivity contribution in [3.8, 4) is 11.5 Å². The van der Waals surface area contributed by atoms with E-state index in [-0.39, 0.29) is 58.9 Å². The van der Waals surface area contributed by atoms with Crippen molar-refractivity contribution in [1.29, 1.82) is 0 Å². The van der Waals surface area contributed by atoms with Crippen molar-refractivity contribution >= 4 is 23.3 Å². The molecule has 1 unspecified atom stereocenters. The number of hydrogen-bond acceptors (Lipinski definition) is 6. The van der Waals surface area contributed by atoms with E-state index in [1.165, 1.54) is 6.07 Å². The van der Waals surface area contributed by atoms with Crippen LogP contribution in [0, 0.1) is 39.3 Å². The topological polar surface area (TPSA) is 96.3 Å². The van der Waals surface area contributed by atoms with Gasteiger partial charge in [-0.2, -0.15) is 0 Å². The summed E-state index contributed by atoms with van der Waals surface area (Å²) in [4.78, 5) is 30.6. The first kappa shape index (κ1) is 37.1. The summed E-state index contributed by atoms with van der Waals surface area (Å²) < 4.78 is 26.0. The molecule has 2 aromatic rings. The number of ketones is 1. The number of hydrogen-bond donors (Lipinski definition) is 2. The minimum atomic E-state index is -1.19. The summed E-state index contributed by atoms with van der Waals surface area (Å²) in [6.45, 7) is 7.27. The number of rotatable bonds is 11. The van der Waals surface area contributed by atoms with Crippen LogP contribution < -0.4 is 9.47 Å². The van der Waals surface area contributed by atoms with Crippen LogP contribution in [-0.4, -0.2) is 65.8 Å². The van der Waals surface area contributed by atoms with Crippen LogP contribution in [-0.2, 0) is 22.4 Å². The summed E-state index contributed by atoms with van der Waals surface area (Å²) in [7, 11) is 3.15. The van der Waals surface area contributed by atoms with Gasteiger partial charge >= 0.3 is 0 Å². The molecule has 280 valence electrons. The average molecular weight is 734 g/mol. The van der Waals surface area contributed by atoms with E-state index in [0.717, 1.165) is 31.2 Å². The molecule has 3 fully saturated rings. The number of allylic oxidation sites excluding steroid dienone is 4. The first-order valence-corrected chi connectivity index (χ1v) is 19.4. The number of benzene rings is 2. The van der Waals surface area contributed by atoms with Crippen molar-refractivity contribution in [1.82, 2.24) is 4.90 Å². The number of aliphatic hydroxyl groups excluding tert-OH is 1. The number of carbonyl (C=O) groups excluding carboxylic acids is 2. The Labute approximate surface area is 312 Å². The molecule has 7 nitrogen and oxygen atoms in total. The van der Waals surface area contributed by atoms with Gasteiger partial charge in [-0.15, -0.1) is 0 Å². The van der Waals surface area contributed by atoms with Crippen LogP contribution in [0.1, 0.15) is 83.3 Å². The number of nitrogens with zero attached hydrogens (tertiary/aromatic N) is 1. The standard InChI is InChI=1S/C43H53ClFNO6/c1-6-20-46(38(49)22-27-10-11-34(51-4)35(21-27)52-5)26-42(50)17-14-37-40(42,3)16-13-36-39(2)15-12-28(47)24-41(39)18-19-43(36,37)30(25-41)33(48)23-29-31(44)8-7-9-32(29)45/h7-11,18-19,21,25,28,36-37,47,50H,6,12-17,20,22-24,26H2,1-5H3/t28?,36-,37-,39-,40+,41+,42-,43-/m1/s1. The molecule has 3 saturated carbocycles. The molecule has 9 heteroatoms. The Hall–Kier alpha value is -3.20. The van der Waals surface area contributed by atoms with Crippen LogP contribution in [0.25, 0.3) is 0 Å². The normalized spacial score (nSPS) is 35.6. The van der Waals surface area contributed by atoms with Crippen LogP contribution in [0.3, 0.4) is 0 Å². The molecule has 6 aliphatic rings. The van der Waals surface area contributed by atoms with Gasteiger partial charge in [-0.1, -0.05) is 62.7 Å². The van der Waals surface area contributed by atoms with E-state index in [9.17, 15) is 19.8 Å². The molecule has 2 N–H and O–H groups in total. The predicted octanol–water partition coefficient (Wildman–Crippen LogP) is 7.68. The summed E-state index contributed by atoms with van der Waals surface area (Å²) in [5.41, 5.74) is -1.47. The maximum Gasteiger partial charge on any atom is 0.227 e. The molecular formula is C43H53ClFNO6. The third kappa shape index (κ3) is 5.40. The Morgan fingerprint density at radius 3 is 2.38 bits per heavy atom. The fraction of sp³-hybridized carbons (Fsp3) is 0.581. The Balaban J connectivity index is 1.24. The molecule has 8 atom stereocenters. The molecule has 0 saturated heterocycles. The summed E-state index contributed by atoms with van der Waals surface area (Å²) in [5, 5.41) is 24.1. The highest BCUT2D eigenvalue weighted by molar-refractivity contribution is 6.31. The number of ether oxygens (including phenoxy) is 2. The molecule has 2 bridgehead atoms. The minimum Gasteiger partial charge on any atom is -0.493 e. The maximum atomic E-state index is 15.1. The number of Topliss-reactive ketones (excluding diaryl/α,β-unsaturated/α-hetero) is 1. The van der Waals surface area contributed by atoms with Gasteiger partial charge in [0.25, 0.3) is 0 Å². The van der Waals surface area contributed by atoms with Crippen LogP contribution >= 0.6 is 11.6 Å². The monoisotopic (exact) mass is 733 g/mol. The smallest absolute Gasteiger partial charge is 0.227 e. The van der Waals surface area contributed by atoms with E-state index >= 15 is 4.39 Å². The van der Waals surface area contributed by atoms with Gasteiger partial charge in [0.05, 0.1) is 32.3 Å². The number of carbonyl (C=O) groups is 2. The first-order valence-electron chi connectivity index (χ1n) is 19.0. The highest BCUT2D eigenvalue weighted by Gasteiger charge is 2.74. The fourth-order valence-corrected chi connectivity index (χ4v) is 12.0. The van der Waals surface area contributed by atoms with Crippen molar-refractivity contribution in [2.75, 3.05) is 27.3 Å². The van der Waals surface area contributed by atoms with Crippen molar-refractivity contribution < 1.29 is 33.7 Å². The maximum absolute atomic E-state index is 15.1. The summed E-state index contributed by atoms with van der Waals surface area (Å²) >= 11 is 6.47. The van der Waals surface area contributed by atoms with Gasteiger partial charge in [-0.3, -0.25) is 9.59 Å². The van der Waals surface area contributed by atoms with E-state index in [1.54, 1.807) is 32.4 Å². The second-order valence-corrected chi connectivity index (χ2v) is 17.2. The van der Waals surface area contributed by atoms with Gasteiger partial charge in [0, 0.05) is 51.9 Å². The van der Waals surface area contributed by atoms with Gasteiger partial charge in [-0.05, 0) is 98.4 Å². The lowest BCUT2D eigenvalue weighted by Gasteiger charge is -2.71. The van der Waals surface area contributed by atoms with E-state index < -0.39 is 33.8 Å².